The molecule has 4 nitrogen and oxygen atoms in total. The maximum Gasteiger partial charge on any atom is 0.222 e. The molecule has 1 aliphatic rings. The predicted molar refractivity (Wildman–Crippen MR) is 63.6 cm³/mol. The minimum atomic E-state index is 0.106. The van der Waals surface area contributed by atoms with Crippen LogP contribution in [0.2, 0.25) is 0 Å². The average Bonchev–Trinajstić information content (AvgIpc) is 2.70. The molecule has 0 bridgehead atoms. The number of nitrogens with zero attached hydrogens (tertiary/aromatic N) is 2. The molecular weight excluding hydrogens is 202 g/mol. The van der Waals surface area contributed by atoms with Crippen LogP contribution >= 0.6 is 0 Å². The topological polar surface area (TPSA) is 47.0 Å². The van der Waals surface area contributed by atoms with Gasteiger partial charge in [-0.1, -0.05) is 20.8 Å². The zero-order valence-electron chi connectivity index (χ0n) is 10.2. The Morgan fingerprint density at radius 3 is 2.50 bits per heavy atom. The molecule has 1 atom stereocenters. The molecule has 4 heteroatoms. The molecule has 1 aromatic heterocycles. The first-order chi connectivity index (χ1) is 7.55. The molecule has 2 heterocycles. The van der Waals surface area contributed by atoms with E-state index in [4.69, 9.17) is 4.74 Å². The van der Waals surface area contributed by atoms with Gasteiger partial charge in [0.15, 0.2) is 0 Å². The van der Waals surface area contributed by atoms with Crippen molar-refractivity contribution >= 4 is 5.95 Å². The van der Waals surface area contributed by atoms with Gasteiger partial charge >= 0.3 is 0 Å². The molecule has 0 amide bonds. The monoisotopic (exact) mass is 221 g/mol. The Morgan fingerprint density at radius 1 is 1.31 bits per heavy atom. The molecule has 0 aromatic carbocycles. The van der Waals surface area contributed by atoms with E-state index < -0.39 is 0 Å². The van der Waals surface area contributed by atoms with Crippen LogP contribution in [0.4, 0.5) is 5.95 Å². The molecule has 1 aromatic rings. The summed E-state index contributed by atoms with van der Waals surface area (Å²) in [4.78, 5) is 8.66. The third-order valence-electron chi connectivity index (χ3n) is 2.78. The van der Waals surface area contributed by atoms with E-state index in [2.05, 4.69) is 36.1 Å². The van der Waals surface area contributed by atoms with Gasteiger partial charge in [0.05, 0.1) is 12.6 Å². The molecule has 0 radical (unpaired) electrons. The highest BCUT2D eigenvalue weighted by Crippen LogP contribution is 2.20. The molecule has 16 heavy (non-hydrogen) atoms. The lowest BCUT2D eigenvalue weighted by Crippen LogP contribution is -2.21. The Morgan fingerprint density at radius 2 is 2.00 bits per heavy atom. The van der Waals surface area contributed by atoms with Gasteiger partial charge in [0.2, 0.25) is 5.95 Å². The first-order valence-electron chi connectivity index (χ1n) is 5.72. The summed E-state index contributed by atoms with van der Waals surface area (Å²) in [7, 11) is 0. The molecule has 0 spiro atoms. The Balaban J connectivity index is 2.01. The predicted octanol–water partition coefficient (Wildman–Crippen LogP) is 1.97. The normalized spacial score (nSPS) is 21.1. The fourth-order valence-corrected chi connectivity index (χ4v) is 1.62. The highest BCUT2D eigenvalue weighted by atomic mass is 16.5. The van der Waals surface area contributed by atoms with Crippen LogP contribution in [0.25, 0.3) is 0 Å². The Labute approximate surface area is 96.4 Å². The molecule has 1 fully saturated rings. The molecular formula is C12H19N3O. The number of ether oxygens (including phenoxy) is 1. The number of anilines is 1. The van der Waals surface area contributed by atoms with Crippen molar-refractivity contribution in [1.82, 2.24) is 9.97 Å². The molecule has 1 saturated heterocycles. The second kappa shape index (κ2) is 4.37. The largest absolute Gasteiger partial charge is 0.379 e. The van der Waals surface area contributed by atoms with Gasteiger partial charge in [-0.15, -0.1) is 0 Å². The summed E-state index contributed by atoms with van der Waals surface area (Å²) >= 11 is 0. The summed E-state index contributed by atoms with van der Waals surface area (Å²) in [5.41, 5.74) is 1.26. The van der Waals surface area contributed by atoms with E-state index in [1.165, 1.54) is 0 Å². The summed E-state index contributed by atoms with van der Waals surface area (Å²) in [5, 5.41) is 3.27. The van der Waals surface area contributed by atoms with Crippen molar-refractivity contribution < 1.29 is 4.74 Å². The zero-order valence-corrected chi connectivity index (χ0v) is 10.2. The van der Waals surface area contributed by atoms with Gasteiger partial charge in [-0.05, 0) is 17.4 Å². The molecule has 1 aliphatic heterocycles. The van der Waals surface area contributed by atoms with Gasteiger partial charge in [-0.25, -0.2) is 9.97 Å². The summed E-state index contributed by atoms with van der Waals surface area (Å²) in [5.74, 6) is 0.698. The zero-order chi connectivity index (χ0) is 11.6. The maximum absolute atomic E-state index is 5.29. The minimum Gasteiger partial charge on any atom is -0.379 e. The first-order valence-corrected chi connectivity index (χ1v) is 5.72. The smallest absolute Gasteiger partial charge is 0.222 e. The van der Waals surface area contributed by atoms with Crippen LogP contribution in [-0.2, 0) is 10.2 Å². The van der Waals surface area contributed by atoms with Gasteiger partial charge < -0.3 is 10.1 Å². The molecule has 88 valence electrons. The number of hydrogen-bond acceptors (Lipinski definition) is 4. The van der Waals surface area contributed by atoms with Crippen LogP contribution < -0.4 is 5.32 Å². The lowest BCUT2D eigenvalue weighted by atomic mass is 9.89. The van der Waals surface area contributed by atoms with Crippen LogP contribution in [0, 0.1) is 0 Å². The third kappa shape index (κ3) is 2.70. The van der Waals surface area contributed by atoms with Gasteiger partial charge in [0.25, 0.3) is 0 Å². The highest BCUT2D eigenvalue weighted by Gasteiger charge is 2.17. The van der Waals surface area contributed by atoms with Crippen LogP contribution in [0.15, 0.2) is 12.4 Å². The fraction of sp³-hybridized carbons (Fsp3) is 0.667. The third-order valence-corrected chi connectivity index (χ3v) is 2.78. The van der Waals surface area contributed by atoms with Crippen LogP contribution in [0.3, 0.4) is 0 Å². The lowest BCUT2D eigenvalue weighted by molar-refractivity contribution is 0.195. The summed E-state index contributed by atoms with van der Waals surface area (Å²) < 4.78 is 5.29. The average molecular weight is 221 g/mol. The number of rotatable bonds is 2. The summed E-state index contributed by atoms with van der Waals surface area (Å²) in [6, 6.07) is 0.362. The maximum atomic E-state index is 5.29. The summed E-state index contributed by atoms with van der Waals surface area (Å²) in [6.07, 6.45) is 4.82. The molecule has 1 N–H and O–H groups in total. The van der Waals surface area contributed by atoms with Crippen LogP contribution in [0.5, 0.6) is 0 Å². The van der Waals surface area contributed by atoms with Crippen molar-refractivity contribution in [3.63, 3.8) is 0 Å². The molecule has 1 unspecified atom stereocenters. The standard InChI is InChI=1S/C12H19N3O/c1-12(2,3)9-6-13-11(14-7-9)15-10-4-5-16-8-10/h6-7,10H,4-5,8H2,1-3H3,(H,13,14,15). The second-order valence-corrected chi connectivity index (χ2v) is 5.25. The van der Waals surface area contributed by atoms with Gasteiger partial charge in [-0.2, -0.15) is 0 Å². The van der Waals surface area contributed by atoms with E-state index in [-0.39, 0.29) is 5.41 Å². The van der Waals surface area contributed by atoms with Crippen LogP contribution in [0.1, 0.15) is 32.8 Å². The van der Waals surface area contributed by atoms with Gasteiger partial charge in [0, 0.05) is 19.0 Å². The van der Waals surface area contributed by atoms with Crippen LogP contribution in [-0.4, -0.2) is 29.2 Å². The van der Waals surface area contributed by atoms with E-state index in [1.807, 2.05) is 12.4 Å². The number of hydrogen-bond donors (Lipinski definition) is 1. The molecule has 2 rings (SSSR count). The Kier molecular flexibility index (Phi) is 3.10. The van der Waals surface area contributed by atoms with Crippen molar-refractivity contribution in [3.8, 4) is 0 Å². The van der Waals surface area contributed by atoms with Crippen molar-refractivity contribution in [2.75, 3.05) is 18.5 Å². The quantitative estimate of drug-likeness (QED) is 0.829. The minimum absolute atomic E-state index is 0.106. The van der Waals surface area contributed by atoms with Crippen molar-refractivity contribution in [2.24, 2.45) is 0 Å². The Bertz CT molecular complexity index is 336. The number of aromatic nitrogens is 2. The molecule has 0 aliphatic carbocycles. The fourth-order valence-electron chi connectivity index (χ4n) is 1.62. The first kappa shape index (κ1) is 11.3. The van der Waals surface area contributed by atoms with Crippen molar-refractivity contribution in [3.05, 3.63) is 18.0 Å². The van der Waals surface area contributed by atoms with E-state index in [1.54, 1.807) is 0 Å². The summed E-state index contributed by atoms with van der Waals surface area (Å²) in [6.45, 7) is 8.05. The number of nitrogens with one attached hydrogen (secondary N) is 1. The van der Waals surface area contributed by atoms with Crippen molar-refractivity contribution in [2.45, 2.75) is 38.6 Å². The van der Waals surface area contributed by atoms with Crippen molar-refractivity contribution in [1.29, 1.82) is 0 Å². The van der Waals surface area contributed by atoms with E-state index in [0.29, 0.717) is 12.0 Å². The Hall–Kier alpha value is -1.16. The lowest BCUT2D eigenvalue weighted by Gasteiger charge is -2.18. The van der Waals surface area contributed by atoms with Gasteiger partial charge in [-0.3, -0.25) is 0 Å². The second-order valence-electron chi connectivity index (χ2n) is 5.25. The SMILES string of the molecule is CC(C)(C)c1cnc(NC2CCOC2)nc1. The van der Waals surface area contributed by atoms with Gasteiger partial charge in [0.1, 0.15) is 0 Å². The van der Waals surface area contributed by atoms with E-state index in [0.717, 1.165) is 25.2 Å². The molecule has 0 saturated carbocycles. The highest BCUT2D eigenvalue weighted by molar-refractivity contribution is 5.28. The van der Waals surface area contributed by atoms with E-state index >= 15 is 0 Å². The van der Waals surface area contributed by atoms with E-state index in [9.17, 15) is 0 Å².